The Morgan fingerprint density at radius 2 is 1.68 bits per heavy atom. The molecule has 0 unspecified atom stereocenters. The van der Waals surface area contributed by atoms with Gasteiger partial charge in [0.2, 0.25) is 0 Å². The minimum atomic E-state index is -0.284. The Labute approximate surface area is 222 Å². The maximum atomic E-state index is 14.0. The van der Waals surface area contributed by atoms with Gasteiger partial charge in [-0.2, -0.15) is 0 Å². The SMILES string of the molecule is CSc1cc(F)ccc1-c1ccc2cc(C)ccc2c1C(=O)c1ccc(OCCN2CCCCC2)cc1. The van der Waals surface area contributed by atoms with E-state index >= 15 is 0 Å². The molecule has 1 aliphatic heterocycles. The van der Waals surface area contributed by atoms with Gasteiger partial charge in [0.05, 0.1) is 0 Å². The summed E-state index contributed by atoms with van der Waals surface area (Å²) in [5.74, 6) is 0.430. The van der Waals surface area contributed by atoms with Crippen molar-refractivity contribution < 1.29 is 13.9 Å². The van der Waals surface area contributed by atoms with Crippen molar-refractivity contribution in [1.29, 1.82) is 0 Å². The molecule has 37 heavy (non-hydrogen) atoms. The topological polar surface area (TPSA) is 29.5 Å². The van der Waals surface area contributed by atoms with Gasteiger partial charge in [-0.1, -0.05) is 48.4 Å². The van der Waals surface area contributed by atoms with Crippen molar-refractivity contribution in [2.45, 2.75) is 31.1 Å². The molecule has 0 aliphatic carbocycles. The van der Waals surface area contributed by atoms with Gasteiger partial charge in [-0.25, -0.2) is 4.39 Å². The van der Waals surface area contributed by atoms with Gasteiger partial charge in [0.1, 0.15) is 18.2 Å². The Kier molecular flexibility index (Phi) is 7.92. The zero-order valence-corrected chi connectivity index (χ0v) is 22.2. The van der Waals surface area contributed by atoms with E-state index in [9.17, 15) is 9.18 Å². The first kappa shape index (κ1) is 25.5. The molecule has 0 bridgehead atoms. The first-order valence-corrected chi connectivity index (χ1v) is 14.1. The lowest BCUT2D eigenvalue weighted by molar-refractivity contribution is 0.104. The van der Waals surface area contributed by atoms with Crippen molar-refractivity contribution in [2.24, 2.45) is 0 Å². The number of ether oxygens (including phenoxy) is 1. The van der Waals surface area contributed by atoms with E-state index in [1.807, 2.05) is 61.7 Å². The number of fused-ring (bicyclic) bond motifs is 1. The number of carbonyl (C=O) groups excluding carboxylic acids is 1. The second kappa shape index (κ2) is 11.5. The van der Waals surface area contributed by atoms with Crippen LogP contribution in [0, 0.1) is 12.7 Å². The van der Waals surface area contributed by atoms with Crippen LogP contribution in [0.5, 0.6) is 5.75 Å². The summed E-state index contributed by atoms with van der Waals surface area (Å²) >= 11 is 1.48. The number of thioether (sulfide) groups is 1. The predicted molar refractivity (Wildman–Crippen MR) is 152 cm³/mol. The first-order valence-electron chi connectivity index (χ1n) is 12.9. The number of aryl methyl sites for hydroxylation is 1. The van der Waals surface area contributed by atoms with Crippen molar-refractivity contribution in [2.75, 3.05) is 32.5 Å². The summed E-state index contributed by atoms with van der Waals surface area (Å²) in [6, 6.07) is 22.4. The van der Waals surface area contributed by atoms with E-state index in [0.717, 1.165) is 57.7 Å². The lowest BCUT2D eigenvalue weighted by Gasteiger charge is -2.26. The maximum Gasteiger partial charge on any atom is 0.194 e. The second-order valence-electron chi connectivity index (χ2n) is 9.66. The smallest absolute Gasteiger partial charge is 0.194 e. The molecule has 5 rings (SSSR count). The number of likely N-dealkylation sites (tertiary alicyclic amines) is 1. The molecular formula is C32H32FNO2S. The summed E-state index contributed by atoms with van der Waals surface area (Å²) < 4.78 is 20.0. The minimum absolute atomic E-state index is 0.0549. The monoisotopic (exact) mass is 513 g/mol. The molecule has 5 heteroatoms. The van der Waals surface area contributed by atoms with Crippen molar-refractivity contribution in [3.63, 3.8) is 0 Å². The summed E-state index contributed by atoms with van der Waals surface area (Å²) in [6.07, 6.45) is 5.78. The molecule has 1 aliphatic rings. The van der Waals surface area contributed by atoms with Gasteiger partial charge in [0, 0.05) is 22.6 Å². The summed E-state index contributed by atoms with van der Waals surface area (Å²) in [6.45, 7) is 5.91. The fourth-order valence-corrected chi connectivity index (χ4v) is 5.76. The fraction of sp³-hybridized carbons (Fsp3) is 0.281. The van der Waals surface area contributed by atoms with Gasteiger partial charge in [0.25, 0.3) is 0 Å². The molecule has 0 radical (unpaired) electrons. The molecule has 1 heterocycles. The molecule has 4 aromatic carbocycles. The van der Waals surface area contributed by atoms with Crippen LogP contribution < -0.4 is 4.74 Å². The number of rotatable bonds is 8. The maximum absolute atomic E-state index is 14.0. The molecule has 0 saturated carbocycles. The first-order chi connectivity index (χ1) is 18.0. The van der Waals surface area contributed by atoms with Crippen LogP contribution in [0.4, 0.5) is 4.39 Å². The highest BCUT2D eigenvalue weighted by atomic mass is 32.2. The van der Waals surface area contributed by atoms with Gasteiger partial charge >= 0.3 is 0 Å². The van der Waals surface area contributed by atoms with Gasteiger partial charge in [-0.3, -0.25) is 9.69 Å². The summed E-state index contributed by atoms with van der Waals surface area (Å²) in [7, 11) is 0. The van der Waals surface area contributed by atoms with Crippen LogP contribution in [0.3, 0.4) is 0 Å². The van der Waals surface area contributed by atoms with Crippen molar-refractivity contribution in [3.8, 4) is 16.9 Å². The van der Waals surface area contributed by atoms with Crippen molar-refractivity contribution in [1.82, 2.24) is 4.90 Å². The van der Waals surface area contributed by atoms with Crippen LogP contribution >= 0.6 is 11.8 Å². The van der Waals surface area contributed by atoms with Crippen molar-refractivity contribution in [3.05, 3.63) is 95.3 Å². The van der Waals surface area contributed by atoms with E-state index in [0.29, 0.717) is 17.7 Å². The van der Waals surface area contributed by atoms with Crippen LogP contribution in [0.1, 0.15) is 40.7 Å². The molecule has 3 nitrogen and oxygen atoms in total. The van der Waals surface area contributed by atoms with E-state index < -0.39 is 0 Å². The second-order valence-corrected chi connectivity index (χ2v) is 10.5. The lowest BCUT2D eigenvalue weighted by Crippen LogP contribution is -2.33. The molecular weight excluding hydrogens is 481 g/mol. The molecule has 0 atom stereocenters. The Hall–Kier alpha value is -3.15. The highest BCUT2D eigenvalue weighted by molar-refractivity contribution is 7.98. The Balaban J connectivity index is 1.46. The number of piperidine rings is 1. The fourth-order valence-electron chi connectivity index (χ4n) is 5.13. The largest absolute Gasteiger partial charge is 0.492 e. The highest BCUT2D eigenvalue weighted by Crippen LogP contribution is 2.37. The predicted octanol–water partition coefficient (Wildman–Crippen LogP) is 7.77. The van der Waals surface area contributed by atoms with Gasteiger partial charge in [-0.15, -0.1) is 11.8 Å². The molecule has 4 aromatic rings. The zero-order valence-electron chi connectivity index (χ0n) is 21.4. The molecule has 1 fully saturated rings. The third kappa shape index (κ3) is 5.73. The van der Waals surface area contributed by atoms with Crippen LogP contribution in [-0.4, -0.2) is 43.2 Å². The minimum Gasteiger partial charge on any atom is -0.492 e. The zero-order chi connectivity index (χ0) is 25.8. The van der Waals surface area contributed by atoms with E-state index in [4.69, 9.17) is 4.74 Å². The number of ketones is 1. The van der Waals surface area contributed by atoms with Gasteiger partial charge in [-0.05, 0) is 97.4 Å². The van der Waals surface area contributed by atoms with Gasteiger partial charge in [0.15, 0.2) is 5.78 Å². The van der Waals surface area contributed by atoms with Crippen molar-refractivity contribution >= 4 is 28.3 Å². The quantitative estimate of drug-likeness (QED) is 0.178. The normalized spacial score (nSPS) is 14.1. The molecule has 0 N–H and O–H groups in total. The van der Waals surface area contributed by atoms with E-state index in [1.165, 1.54) is 43.2 Å². The summed E-state index contributed by atoms with van der Waals surface area (Å²) in [5.41, 5.74) is 4.05. The van der Waals surface area contributed by atoms with Crippen LogP contribution in [0.15, 0.2) is 77.7 Å². The van der Waals surface area contributed by atoms with Crippen LogP contribution in [-0.2, 0) is 0 Å². The third-order valence-electron chi connectivity index (χ3n) is 7.10. The number of nitrogens with zero attached hydrogens (tertiary/aromatic N) is 1. The Bertz CT molecular complexity index is 1410. The standard InChI is InChI=1S/C32H32FNO2S/c1-22-6-13-27-24(20-22)9-14-29(28-15-10-25(33)21-30(28)37-2)31(27)32(35)23-7-11-26(12-8-23)36-19-18-34-16-4-3-5-17-34/h6-15,20-21H,3-5,16-19H2,1-2H3. The van der Waals surface area contributed by atoms with E-state index in [-0.39, 0.29) is 11.6 Å². The lowest BCUT2D eigenvalue weighted by atomic mass is 9.89. The third-order valence-corrected chi connectivity index (χ3v) is 7.88. The summed E-state index contributed by atoms with van der Waals surface area (Å²) in [5, 5.41) is 1.91. The molecule has 1 saturated heterocycles. The summed E-state index contributed by atoms with van der Waals surface area (Å²) in [4.78, 5) is 17.3. The number of benzene rings is 4. The van der Waals surface area contributed by atoms with E-state index in [1.54, 1.807) is 6.07 Å². The van der Waals surface area contributed by atoms with Gasteiger partial charge < -0.3 is 4.74 Å². The van der Waals surface area contributed by atoms with Crippen LogP contribution in [0.25, 0.3) is 21.9 Å². The number of halogens is 1. The molecule has 0 aromatic heterocycles. The average molecular weight is 514 g/mol. The average Bonchev–Trinajstić information content (AvgIpc) is 2.93. The molecule has 190 valence electrons. The molecule has 0 spiro atoms. The highest BCUT2D eigenvalue weighted by Gasteiger charge is 2.21. The molecule has 0 amide bonds. The van der Waals surface area contributed by atoms with E-state index in [2.05, 4.69) is 11.0 Å². The Morgan fingerprint density at radius 3 is 2.43 bits per heavy atom. The Morgan fingerprint density at radius 1 is 0.919 bits per heavy atom. The number of hydrogen-bond donors (Lipinski definition) is 0. The number of carbonyl (C=O) groups is 1. The number of hydrogen-bond acceptors (Lipinski definition) is 4. The van der Waals surface area contributed by atoms with Crippen LogP contribution in [0.2, 0.25) is 0 Å².